The van der Waals surface area contributed by atoms with Gasteiger partial charge in [-0.25, -0.2) is 4.79 Å². The van der Waals surface area contributed by atoms with Crippen molar-refractivity contribution in [2.75, 3.05) is 14.2 Å². The first-order valence-electron chi connectivity index (χ1n) is 7.83. The molecule has 0 aliphatic rings. The van der Waals surface area contributed by atoms with Crippen molar-refractivity contribution in [3.05, 3.63) is 77.5 Å². The summed E-state index contributed by atoms with van der Waals surface area (Å²) in [5.41, 5.74) is 5.77. The normalized spacial score (nSPS) is 12.6. The number of benzene rings is 2. The van der Waals surface area contributed by atoms with Crippen LogP contribution in [0.25, 0.3) is 0 Å². The van der Waals surface area contributed by atoms with Crippen molar-refractivity contribution in [2.24, 2.45) is 0 Å². The van der Waals surface area contributed by atoms with Gasteiger partial charge in [0.25, 0.3) is 0 Å². The van der Waals surface area contributed by atoms with Gasteiger partial charge in [0.05, 0.1) is 14.2 Å². The average molecular weight is 354 g/mol. The fraction of sp³-hybridized carbons (Fsp3) is 0.238. The second-order valence-corrected chi connectivity index (χ2v) is 6.88. The fourth-order valence-corrected chi connectivity index (χ4v) is 3.99. The molecule has 0 radical (unpaired) electrons. The number of hydrogen-bond donors (Lipinski definition) is 0. The first-order chi connectivity index (χ1) is 12.0. The lowest BCUT2D eigenvalue weighted by Crippen LogP contribution is -2.31. The van der Waals surface area contributed by atoms with Crippen molar-refractivity contribution < 1.29 is 14.3 Å². The average Bonchev–Trinajstić information content (AvgIpc) is 2.63. The lowest BCUT2D eigenvalue weighted by atomic mass is 9.97. The largest absolute Gasteiger partial charge is 0.497 e. The molecule has 0 saturated heterocycles. The van der Waals surface area contributed by atoms with Gasteiger partial charge in [-0.15, -0.1) is 5.73 Å². The van der Waals surface area contributed by atoms with Crippen LogP contribution in [0.4, 0.5) is 0 Å². The second kappa shape index (κ2) is 8.11. The molecule has 0 N–H and O–H groups in total. The first-order valence-corrected chi connectivity index (χ1v) is 8.65. The van der Waals surface area contributed by atoms with Gasteiger partial charge < -0.3 is 9.47 Å². The van der Waals surface area contributed by atoms with E-state index in [2.05, 4.69) is 12.3 Å². The van der Waals surface area contributed by atoms with E-state index in [9.17, 15) is 4.79 Å². The predicted octanol–water partition coefficient (Wildman–Crippen LogP) is 4.81. The van der Waals surface area contributed by atoms with Crippen molar-refractivity contribution in [1.29, 1.82) is 0 Å². The third-order valence-corrected chi connectivity index (χ3v) is 5.67. The summed E-state index contributed by atoms with van der Waals surface area (Å²) in [5, 5.41) is 0. The maximum absolute atomic E-state index is 12.8. The van der Waals surface area contributed by atoms with Crippen LogP contribution in [0, 0.1) is 13.8 Å². The van der Waals surface area contributed by atoms with Gasteiger partial charge in [0.2, 0.25) is 0 Å². The third kappa shape index (κ3) is 3.81. The first kappa shape index (κ1) is 18.9. The highest BCUT2D eigenvalue weighted by atomic mass is 32.2. The second-order valence-electron chi connectivity index (χ2n) is 5.63. The van der Waals surface area contributed by atoms with Gasteiger partial charge in [0, 0.05) is 4.90 Å². The molecule has 0 aromatic heterocycles. The number of hydrogen-bond acceptors (Lipinski definition) is 4. The molecule has 1 atom stereocenters. The van der Waals surface area contributed by atoms with Crippen molar-refractivity contribution in [2.45, 2.75) is 23.5 Å². The highest BCUT2D eigenvalue weighted by Gasteiger charge is 2.41. The van der Waals surface area contributed by atoms with Crippen LogP contribution < -0.4 is 4.74 Å². The van der Waals surface area contributed by atoms with Crippen molar-refractivity contribution in [1.82, 2.24) is 0 Å². The summed E-state index contributed by atoms with van der Waals surface area (Å²) in [7, 11) is 3.00. The minimum Gasteiger partial charge on any atom is -0.497 e. The Morgan fingerprint density at radius 1 is 1.12 bits per heavy atom. The van der Waals surface area contributed by atoms with Crippen LogP contribution in [0.1, 0.15) is 16.7 Å². The number of ether oxygens (including phenoxy) is 2. The summed E-state index contributed by atoms with van der Waals surface area (Å²) in [5.74, 6) is 0.351. The topological polar surface area (TPSA) is 35.5 Å². The van der Waals surface area contributed by atoms with E-state index >= 15 is 0 Å². The van der Waals surface area contributed by atoms with Gasteiger partial charge in [-0.05, 0) is 48.7 Å². The highest BCUT2D eigenvalue weighted by Crippen LogP contribution is 2.46. The van der Waals surface area contributed by atoms with Gasteiger partial charge in [0.1, 0.15) is 5.75 Å². The number of carbonyl (C=O) groups is 1. The van der Waals surface area contributed by atoms with E-state index in [1.807, 2.05) is 56.3 Å². The molecule has 0 saturated carbocycles. The smallest absolute Gasteiger partial charge is 0.331 e. The molecule has 2 rings (SSSR count). The molecule has 2 aromatic carbocycles. The summed E-state index contributed by atoms with van der Waals surface area (Å²) in [6, 6.07) is 13.5. The van der Waals surface area contributed by atoms with Crippen LogP contribution in [-0.4, -0.2) is 20.2 Å². The van der Waals surface area contributed by atoms with E-state index in [0.29, 0.717) is 0 Å². The zero-order valence-corrected chi connectivity index (χ0v) is 15.8. The fourth-order valence-electron chi connectivity index (χ4n) is 2.65. The minimum absolute atomic E-state index is 0.374. The van der Waals surface area contributed by atoms with E-state index < -0.39 is 4.75 Å². The Bertz CT molecular complexity index is 784. The number of aryl methyl sites for hydroxylation is 2. The minimum atomic E-state index is -1.07. The lowest BCUT2D eigenvalue weighted by molar-refractivity contribution is -0.142. The molecule has 0 fully saturated rings. The number of carbonyl (C=O) groups excluding carboxylic acids is 1. The highest BCUT2D eigenvalue weighted by molar-refractivity contribution is 8.01. The summed E-state index contributed by atoms with van der Waals surface area (Å²) in [4.78, 5) is 13.9. The van der Waals surface area contributed by atoms with Gasteiger partial charge in [-0.2, -0.15) is 0 Å². The molecule has 0 aliphatic heterocycles. The molecule has 130 valence electrons. The monoisotopic (exact) mass is 354 g/mol. The summed E-state index contributed by atoms with van der Waals surface area (Å²) < 4.78 is 9.30. The molecule has 0 amide bonds. The van der Waals surface area contributed by atoms with E-state index in [1.165, 1.54) is 18.9 Å². The van der Waals surface area contributed by atoms with Gasteiger partial charge in [-0.1, -0.05) is 48.7 Å². The van der Waals surface area contributed by atoms with Crippen LogP contribution in [0.15, 0.2) is 65.7 Å². The predicted molar refractivity (Wildman–Crippen MR) is 102 cm³/mol. The van der Waals surface area contributed by atoms with Crippen LogP contribution in [0.5, 0.6) is 5.75 Å². The molecular formula is C21H22O3S. The molecule has 0 bridgehead atoms. The Kier molecular flexibility index (Phi) is 6.13. The Labute approximate surface area is 153 Å². The number of thioether (sulfide) groups is 1. The van der Waals surface area contributed by atoms with Gasteiger partial charge >= 0.3 is 5.97 Å². The van der Waals surface area contributed by atoms with Crippen LogP contribution in [0.2, 0.25) is 0 Å². The van der Waals surface area contributed by atoms with E-state index in [1.54, 1.807) is 13.2 Å². The van der Waals surface area contributed by atoms with Crippen molar-refractivity contribution >= 4 is 17.7 Å². The van der Waals surface area contributed by atoms with Crippen LogP contribution in [0.3, 0.4) is 0 Å². The molecule has 0 spiro atoms. The number of esters is 1. The zero-order valence-electron chi connectivity index (χ0n) is 15.0. The lowest BCUT2D eigenvalue weighted by Gasteiger charge is -2.28. The van der Waals surface area contributed by atoms with E-state index in [-0.39, 0.29) is 5.97 Å². The number of rotatable bonds is 6. The summed E-state index contributed by atoms with van der Waals surface area (Å²) in [6.45, 7) is 7.74. The van der Waals surface area contributed by atoms with Crippen LogP contribution >= 0.6 is 11.8 Å². The maximum Gasteiger partial charge on any atom is 0.331 e. The van der Waals surface area contributed by atoms with Crippen molar-refractivity contribution in [3.63, 3.8) is 0 Å². The third-order valence-electron chi connectivity index (χ3n) is 3.98. The number of methoxy groups -OCH3 is 2. The molecule has 1 unspecified atom stereocenters. The molecular weight excluding hydrogens is 332 g/mol. The van der Waals surface area contributed by atoms with Crippen LogP contribution in [-0.2, 0) is 14.3 Å². The van der Waals surface area contributed by atoms with Gasteiger partial charge in [0.15, 0.2) is 4.75 Å². The molecule has 0 aliphatic carbocycles. The van der Waals surface area contributed by atoms with Gasteiger partial charge in [-0.3, -0.25) is 0 Å². The molecule has 3 nitrogen and oxygen atoms in total. The van der Waals surface area contributed by atoms with E-state index in [4.69, 9.17) is 9.47 Å². The molecule has 25 heavy (non-hydrogen) atoms. The molecule has 0 heterocycles. The quantitative estimate of drug-likeness (QED) is 0.423. The Balaban J connectivity index is 2.66. The Morgan fingerprint density at radius 2 is 1.72 bits per heavy atom. The standard InChI is InChI=1S/C21H22O3S/c1-6-14-21(20(22)24-5,17-10-12-18(23-4)13-11-17)25-19-15(2)8-7-9-16(19)3/h7-14H,1H2,2-5H3. The molecule has 2 aromatic rings. The SMILES string of the molecule is C=C=CC(Sc1c(C)cccc1C)(C(=O)OC)c1ccc(OC)cc1. The summed E-state index contributed by atoms with van der Waals surface area (Å²) in [6.07, 6.45) is 1.66. The maximum atomic E-state index is 12.8. The van der Waals surface area contributed by atoms with Crippen molar-refractivity contribution in [3.8, 4) is 5.75 Å². The Morgan fingerprint density at radius 3 is 2.20 bits per heavy atom. The van der Waals surface area contributed by atoms with E-state index in [0.717, 1.165) is 27.3 Å². The Hall–Kier alpha value is -2.42. The molecule has 4 heteroatoms. The summed E-state index contributed by atoms with van der Waals surface area (Å²) >= 11 is 1.44. The zero-order chi connectivity index (χ0) is 18.4.